The lowest BCUT2D eigenvalue weighted by atomic mass is 10.0. The molecule has 170 valence electrons. The fraction of sp³-hybridized carbons (Fsp3) is 0.250. The first-order valence-corrected chi connectivity index (χ1v) is 10.4. The zero-order valence-corrected chi connectivity index (χ0v) is 18.7. The number of likely N-dealkylation sites (N-methyl/N-ethyl adjacent to an activating group) is 1. The van der Waals surface area contributed by atoms with Crippen LogP contribution in [0.2, 0.25) is 0 Å². The molecule has 9 nitrogen and oxygen atoms in total. The Bertz CT molecular complexity index is 1400. The molecule has 1 atom stereocenters. The van der Waals surface area contributed by atoms with E-state index < -0.39 is 11.9 Å². The summed E-state index contributed by atoms with van der Waals surface area (Å²) < 4.78 is 10.2. The number of hydrogen-bond donors (Lipinski definition) is 3. The van der Waals surface area contributed by atoms with Crippen LogP contribution >= 0.6 is 0 Å². The van der Waals surface area contributed by atoms with E-state index in [9.17, 15) is 14.7 Å². The lowest BCUT2D eigenvalue weighted by molar-refractivity contribution is 0.0597. The monoisotopic (exact) mass is 448 g/mol. The second kappa shape index (κ2) is 8.87. The van der Waals surface area contributed by atoms with E-state index in [0.29, 0.717) is 39.6 Å². The number of nitrogens with one attached hydrogen (secondary N) is 2. The summed E-state index contributed by atoms with van der Waals surface area (Å²) in [7, 11) is 4.52. The van der Waals surface area contributed by atoms with E-state index in [4.69, 9.17) is 14.5 Å². The fourth-order valence-electron chi connectivity index (χ4n) is 3.68. The smallest absolute Gasteiger partial charge is 0.341 e. The highest BCUT2D eigenvalue weighted by molar-refractivity contribution is 6.19. The molecule has 0 radical (unpaired) electrons. The maximum Gasteiger partial charge on any atom is 0.341 e. The van der Waals surface area contributed by atoms with Crippen molar-refractivity contribution in [2.24, 2.45) is 0 Å². The van der Waals surface area contributed by atoms with Gasteiger partial charge in [-0.15, -0.1) is 0 Å². The third-order valence-corrected chi connectivity index (χ3v) is 5.59. The van der Waals surface area contributed by atoms with Gasteiger partial charge in [-0.1, -0.05) is 24.3 Å². The molecule has 1 aromatic heterocycles. The molecule has 3 N–H and O–H groups in total. The van der Waals surface area contributed by atoms with Gasteiger partial charge in [0.05, 0.1) is 30.8 Å². The van der Waals surface area contributed by atoms with E-state index in [0.717, 1.165) is 0 Å². The van der Waals surface area contributed by atoms with Crippen LogP contribution in [0.1, 0.15) is 27.6 Å². The number of aromatic hydroxyl groups is 1. The molecule has 0 saturated carbocycles. The summed E-state index contributed by atoms with van der Waals surface area (Å²) in [5.74, 6) is -0.940. The summed E-state index contributed by atoms with van der Waals surface area (Å²) in [6, 6.07) is 10.3. The van der Waals surface area contributed by atoms with Gasteiger partial charge < -0.3 is 25.2 Å². The standard InChI is InChI=1S/C24H24N4O5/c1-12(25-2)11-26-23(30)19-21-20(13-7-5-6-8-14(13)22(19)29)27-17-10-18(32-3)15(24(31)33-4)9-16(17)28-21/h5-10,12,25,29H,11H2,1-4H3,(H,26,30). The van der Waals surface area contributed by atoms with Crippen LogP contribution < -0.4 is 15.4 Å². The SMILES string of the molecule is CNC(C)CNC(=O)c1c(O)c2ccccc2c2nc3cc(OC)c(C(=O)OC)cc3nc12. The third-order valence-electron chi connectivity index (χ3n) is 5.59. The van der Waals surface area contributed by atoms with Gasteiger partial charge in [0.25, 0.3) is 5.91 Å². The van der Waals surface area contributed by atoms with E-state index in [1.165, 1.54) is 20.3 Å². The van der Waals surface area contributed by atoms with E-state index in [2.05, 4.69) is 15.6 Å². The maximum absolute atomic E-state index is 13.1. The first kappa shape index (κ1) is 22.2. The van der Waals surface area contributed by atoms with Crippen molar-refractivity contribution in [2.75, 3.05) is 27.8 Å². The summed E-state index contributed by atoms with van der Waals surface area (Å²) >= 11 is 0. The number of aromatic nitrogens is 2. The van der Waals surface area contributed by atoms with E-state index in [-0.39, 0.29) is 28.4 Å². The van der Waals surface area contributed by atoms with Crippen LogP contribution in [-0.4, -0.2) is 60.8 Å². The molecule has 0 fully saturated rings. The average Bonchev–Trinajstić information content (AvgIpc) is 2.85. The molecule has 0 aliphatic carbocycles. The van der Waals surface area contributed by atoms with Crippen molar-refractivity contribution >= 4 is 44.7 Å². The predicted molar refractivity (Wildman–Crippen MR) is 125 cm³/mol. The Morgan fingerprint density at radius 1 is 1.06 bits per heavy atom. The number of hydrogen-bond acceptors (Lipinski definition) is 8. The number of rotatable bonds is 6. The number of benzene rings is 3. The van der Waals surface area contributed by atoms with Gasteiger partial charge in [0.15, 0.2) is 0 Å². The minimum absolute atomic E-state index is 0.0249. The molecule has 1 heterocycles. The summed E-state index contributed by atoms with van der Waals surface area (Å²) in [6.07, 6.45) is 0. The molecule has 3 aromatic carbocycles. The zero-order valence-electron chi connectivity index (χ0n) is 18.7. The van der Waals surface area contributed by atoms with Crippen LogP contribution in [0.4, 0.5) is 0 Å². The molecule has 4 aromatic rings. The first-order valence-electron chi connectivity index (χ1n) is 10.4. The highest BCUT2D eigenvalue weighted by Gasteiger charge is 2.23. The molecular weight excluding hydrogens is 424 g/mol. The summed E-state index contributed by atoms with van der Waals surface area (Å²) in [6.45, 7) is 2.28. The second-order valence-electron chi connectivity index (χ2n) is 7.62. The Morgan fingerprint density at radius 2 is 1.73 bits per heavy atom. The number of phenols is 1. The minimum atomic E-state index is -0.587. The Kier molecular flexibility index (Phi) is 5.97. The molecule has 0 bridgehead atoms. The normalized spacial score (nSPS) is 12.1. The number of esters is 1. The zero-order chi connectivity index (χ0) is 23.7. The third kappa shape index (κ3) is 3.87. The minimum Gasteiger partial charge on any atom is -0.506 e. The topological polar surface area (TPSA) is 123 Å². The Labute approximate surface area is 189 Å². The van der Waals surface area contributed by atoms with E-state index >= 15 is 0 Å². The van der Waals surface area contributed by atoms with Crippen LogP contribution in [0.3, 0.4) is 0 Å². The molecule has 0 aliphatic heterocycles. The summed E-state index contributed by atoms with van der Waals surface area (Å²) in [4.78, 5) is 34.7. The lowest BCUT2D eigenvalue weighted by Gasteiger charge is -2.15. The first-order chi connectivity index (χ1) is 15.9. The molecule has 9 heteroatoms. The van der Waals surface area contributed by atoms with Crippen LogP contribution in [0.25, 0.3) is 32.8 Å². The van der Waals surface area contributed by atoms with Crippen LogP contribution in [-0.2, 0) is 4.74 Å². The fourth-order valence-corrected chi connectivity index (χ4v) is 3.68. The second-order valence-corrected chi connectivity index (χ2v) is 7.62. The summed E-state index contributed by atoms with van der Waals surface area (Å²) in [5, 5.41) is 18.1. The van der Waals surface area contributed by atoms with Gasteiger partial charge in [-0.05, 0) is 20.0 Å². The predicted octanol–water partition coefficient (Wildman–Crippen LogP) is 2.77. The van der Waals surface area contributed by atoms with Gasteiger partial charge in [-0.25, -0.2) is 14.8 Å². The van der Waals surface area contributed by atoms with Gasteiger partial charge in [0.1, 0.15) is 28.1 Å². The van der Waals surface area contributed by atoms with Gasteiger partial charge in [0, 0.05) is 29.4 Å². The molecule has 0 saturated heterocycles. The average molecular weight is 448 g/mol. The van der Waals surface area contributed by atoms with Gasteiger partial charge >= 0.3 is 5.97 Å². The largest absolute Gasteiger partial charge is 0.506 e. The highest BCUT2D eigenvalue weighted by Crippen LogP contribution is 2.37. The molecular formula is C24H24N4O5. The van der Waals surface area contributed by atoms with Crippen LogP contribution in [0.5, 0.6) is 11.5 Å². The quantitative estimate of drug-likeness (QED) is 0.234. The number of ether oxygens (including phenoxy) is 2. The number of carbonyl (C=O) groups excluding carboxylic acids is 2. The molecule has 1 amide bonds. The van der Waals surface area contributed by atoms with Gasteiger partial charge in [-0.2, -0.15) is 0 Å². The number of carbonyl (C=O) groups is 2. The van der Waals surface area contributed by atoms with Crippen molar-refractivity contribution < 1.29 is 24.2 Å². The number of fused-ring (bicyclic) bond motifs is 4. The molecule has 1 unspecified atom stereocenters. The molecule has 0 aliphatic rings. The van der Waals surface area contributed by atoms with Gasteiger partial charge in [0.2, 0.25) is 0 Å². The number of phenolic OH excluding ortho intramolecular Hbond substituents is 1. The number of methoxy groups -OCH3 is 2. The van der Waals surface area contributed by atoms with Crippen molar-refractivity contribution in [2.45, 2.75) is 13.0 Å². The summed E-state index contributed by atoms with van der Waals surface area (Å²) in [5.41, 5.74) is 1.72. The molecule has 33 heavy (non-hydrogen) atoms. The molecule has 4 rings (SSSR count). The molecule has 0 spiro atoms. The Hall–Kier alpha value is -3.98. The van der Waals surface area contributed by atoms with Crippen molar-refractivity contribution in [3.05, 3.63) is 47.5 Å². The number of amides is 1. The Balaban J connectivity index is 2.04. The van der Waals surface area contributed by atoms with Crippen molar-refractivity contribution in [3.63, 3.8) is 0 Å². The van der Waals surface area contributed by atoms with Crippen LogP contribution in [0, 0.1) is 0 Å². The lowest BCUT2D eigenvalue weighted by Crippen LogP contribution is -2.37. The van der Waals surface area contributed by atoms with Gasteiger partial charge in [-0.3, -0.25) is 4.79 Å². The number of nitrogens with zero attached hydrogens (tertiary/aromatic N) is 2. The maximum atomic E-state index is 13.1. The van der Waals surface area contributed by atoms with E-state index in [1.54, 1.807) is 25.2 Å². The van der Waals surface area contributed by atoms with Crippen LogP contribution in [0.15, 0.2) is 36.4 Å². The van der Waals surface area contributed by atoms with Crippen molar-refractivity contribution in [1.29, 1.82) is 0 Å². The highest BCUT2D eigenvalue weighted by atomic mass is 16.5. The van der Waals surface area contributed by atoms with Crippen molar-refractivity contribution in [3.8, 4) is 11.5 Å². The van der Waals surface area contributed by atoms with E-state index in [1.807, 2.05) is 19.1 Å². The van der Waals surface area contributed by atoms with Crippen molar-refractivity contribution in [1.82, 2.24) is 20.6 Å². The Morgan fingerprint density at radius 3 is 2.39 bits per heavy atom.